The van der Waals surface area contributed by atoms with E-state index in [1.807, 2.05) is 24.8 Å². The Morgan fingerprint density at radius 2 is 1.51 bits per heavy atom. The molecule has 3 aliphatic heterocycles. The topological polar surface area (TPSA) is 202 Å². The second-order valence-electron chi connectivity index (χ2n) is 17.2. The first kappa shape index (κ1) is 42.3. The first-order valence-corrected chi connectivity index (χ1v) is 21.7. The van der Waals surface area contributed by atoms with Crippen molar-refractivity contribution in [2.45, 2.75) is 88.9 Å². The Labute approximate surface area is 364 Å². The number of nitrogens with one attached hydrogen (secondary N) is 4. The normalized spacial score (nSPS) is 20.5. The second-order valence-corrected chi connectivity index (χ2v) is 17.2. The number of ether oxygens (including phenoxy) is 5. The number of carbonyl (C=O) groups is 4. The van der Waals surface area contributed by atoms with E-state index in [1.165, 1.54) is 26.9 Å². The highest BCUT2D eigenvalue weighted by atomic mass is 16.7. The minimum absolute atomic E-state index is 0.121. The number of aromatic amines is 2. The Kier molecular flexibility index (Phi) is 11.4. The van der Waals surface area contributed by atoms with Crippen molar-refractivity contribution >= 4 is 45.8 Å². The summed E-state index contributed by atoms with van der Waals surface area (Å²) in [5.74, 6) is -0.224. The predicted octanol–water partition coefficient (Wildman–Crippen LogP) is 5.69. The van der Waals surface area contributed by atoms with Crippen LogP contribution in [0, 0.1) is 5.92 Å². The number of nitrogens with zero attached hydrogens (tertiary/aromatic N) is 4. The van der Waals surface area contributed by atoms with Gasteiger partial charge < -0.3 is 54.1 Å². The lowest BCUT2D eigenvalue weighted by Crippen LogP contribution is -2.54. The Balaban J connectivity index is 0.969. The summed E-state index contributed by atoms with van der Waals surface area (Å²) in [6.07, 6.45) is 1.53. The van der Waals surface area contributed by atoms with Gasteiger partial charge in [0.1, 0.15) is 23.7 Å². The Hall–Kier alpha value is -6.04. The lowest BCUT2D eigenvalue weighted by molar-refractivity contribution is -0.154. The van der Waals surface area contributed by atoms with Gasteiger partial charge in [0, 0.05) is 36.7 Å². The maximum Gasteiger partial charge on any atom is 0.407 e. The molecule has 4 amide bonds. The van der Waals surface area contributed by atoms with Crippen LogP contribution in [0.5, 0.6) is 0 Å². The molecule has 5 atom stereocenters. The molecule has 3 fully saturated rings. The van der Waals surface area contributed by atoms with Crippen LogP contribution in [0.4, 0.5) is 9.59 Å². The van der Waals surface area contributed by atoms with Gasteiger partial charge in [-0.3, -0.25) is 9.59 Å². The maximum atomic E-state index is 14.2. The molecule has 0 radical (unpaired) electrons. The van der Waals surface area contributed by atoms with Gasteiger partial charge in [0.05, 0.1) is 68.9 Å². The number of imidazole rings is 2. The second kappa shape index (κ2) is 16.9. The Bertz CT molecular complexity index is 2580. The van der Waals surface area contributed by atoms with E-state index in [0.29, 0.717) is 32.0 Å². The summed E-state index contributed by atoms with van der Waals surface area (Å²) in [7, 11) is 4.03. The third-order valence-electron chi connectivity index (χ3n) is 13.1. The van der Waals surface area contributed by atoms with Gasteiger partial charge in [0.2, 0.25) is 11.8 Å². The van der Waals surface area contributed by atoms with Crippen molar-refractivity contribution < 1.29 is 42.9 Å². The minimum Gasteiger partial charge on any atom is -0.453 e. The lowest BCUT2D eigenvalue weighted by atomic mass is 9.89. The average molecular weight is 863 g/mol. The van der Waals surface area contributed by atoms with Crippen LogP contribution in [0.3, 0.4) is 0 Å². The van der Waals surface area contributed by atoms with Gasteiger partial charge in [-0.1, -0.05) is 50.2 Å². The van der Waals surface area contributed by atoms with Crippen molar-refractivity contribution in [2.24, 2.45) is 5.92 Å². The molecule has 1 spiro atoms. The standard InChI is InChI=1S/C46H54N8O9/c1-24(2)36(51-44(57)60-5)42(55)53-17-7-8-34(53)40-47-32-15-11-28-20-26(9-13-30(28)38(32)49-40)27-10-14-31-29(21-27)12-16-33-39(31)50-41(48-33)35-22-46(62-18-19-63-46)23-54(35)43(56)37(25(3)59-4)52-45(58)61-6/h9-11,13-15,20-21,24-25,34-37H,7-8,12,16-19,22-23H2,1-6H3,(H,47,49)(H,48,50)(H,51,57)(H,52,58)/t25-,34+,35+,36+,37?/m1/s1. The van der Waals surface area contributed by atoms with Gasteiger partial charge in [-0.25, -0.2) is 19.6 Å². The summed E-state index contributed by atoms with van der Waals surface area (Å²) in [6.45, 7) is 7.13. The molecule has 1 aliphatic carbocycles. The summed E-state index contributed by atoms with van der Waals surface area (Å²) >= 11 is 0. The largest absolute Gasteiger partial charge is 0.453 e. The molecule has 4 aliphatic rings. The molecule has 4 N–H and O–H groups in total. The molecule has 2 aromatic heterocycles. The molecular weight excluding hydrogens is 809 g/mol. The number of benzene rings is 3. The van der Waals surface area contributed by atoms with Crippen LogP contribution in [0.15, 0.2) is 48.5 Å². The summed E-state index contributed by atoms with van der Waals surface area (Å²) in [4.78, 5) is 73.2. The first-order valence-electron chi connectivity index (χ1n) is 21.7. The number of hydrogen-bond donors (Lipinski definition) is 4. The molecular formula is C46H54N8O9. The lowest BCUT2D eigenvalue weighted by Gasteiger charge is -2.30. The summed E-state index contributed by atoms with van der Waals surface area (Å²) in [5, 5.41) is 7.42. The van der Waals surface area contributed by atoms with Crippen LogP contribution in [0.1, 0.15) is 75.0 Å². The Morgan fingerprint density at radius 1 is 0.810 bits per heavy atom. The van der Waals surface area contributed by atoms with E-state index in [2.05, 4.69) is 63.1 Å². The molecule has 332 valence electrons. The number of methoxy groups -OCH3 is 3. The van der Waals surface area contributed by atoms with Crippen molar-refractivity contribution in [3.8, 4) is 22.4 Å². The van der Waals surface area contributed by atoms with Gasteiger partial charge in [-0.15, -0.1) is 0 Å². The van der Waals surface area contributed by atoms with Gasteiger partial charge in [0.15, 0.2) is 5.79 Å². The number of carbonyl (C=O) groups excluding carboxylic acids is 4. The van der Waals surface area contributed by atoms with Crippen molar-refractivity contribution in [2.75, 3.05) is 47.6 Å². The number of H-pyrrole nitrogens is 2. The molecule has 17 nitrogen and oxygen atoms in total. The van der Waals surface area contributed by atoms with Crippen molar-refractivity contribution in [3.63, 3.8) is 0 Å². The monoisotopic (exact) mass is 862 g/mol. The molecule has 3 aromatic carbocycles. The fourth-order valence-electron chi connectivity index (χ4n) is 9.71. The number of hydrogen-bond acceptors (Lipinski definition) is 11. The van der Waals surface area contributed by atoms with E-state index >= 15 is 0 Å². The molecule has 5 aromatic rings. The quantitative estimate of drug-likeness (QED) is 0.134. The number of alkyl carbamates (subject to hydrolysis) is 2. The smallest absolute Gasteiger partial charge is 0.407 e. The number of fused-ring (bicyclic) bond motifs is 6. The molecule has 1 unspecified atom stereocenters. The van der Waals surface area contributed by atoms with Crippen LogP contribution in [0.2, 0.25) is 0 Å². The summed E-state index contributed by atoms with van der Waals surface area (Å²) in [6, 6.07) is 14.6. The van der Waals surface area contributed by atoms with Crippen molar-refractivity contribution in [1.29, 1.82) is 0 Å². The molecule has 9 rings (SSSR count). The SMILES string of the molecule is COC(=O)NC(C(=O)N1CC2(C[C@H]1c1nc3c([nH]1)CCc1cc(-c4ccc5c(ccc6[nH]c([C@@H]7CCCN7C(=O)[C@@H](NC(=O)OC)C(C)C)nc65)c4)ccc1-3)OCCO2)[C@@H](C)OC. The molecule has 17 heteroatoms. The number of likely N-dealkylation sites (tertiary alicyclic amines) is 2. The number of aryl methyl sites for hydroxylation is 2. The van der Waals surface area contributed by atoms with Gasteiger partial charge in [0.25, 0.3) is 0 Å². The van der Waals surface area contributed by atoms with E-state index in [9.17, 15) is 19.2 Å². The highest BCUT2D eigenvalue weighted by Gasteiger charge is 2.53. The van der Waals surface area contributed by atoms with Crippen LogP contribution >= 0.6 is 0 Å². The van der Waals surface area contributed by atoms with E-state index in [4.69, 9.17) is 33.7 Å². The number of rotatable bonds is 10. The zero-order valence-electron chi connectivity index (χ0n) is 36.4. The highest BCUT2D eigenvalue weighted by molar-refractivity contribution is 6.05. The molecule has 0 bridgehead atoms. The molecule has 3 saturated heterocycles. The van der Waals surface area contributed by atoms with E-state index in [0.717, 1.165) is 81.4 Å². The fourth-order valence-corrected chi connectivity index (χ4v) is 9.71. The molecule has 0 saturated carbocycles. The van der Waals surface area contributed by atoms with Gasteiger partial charge in [-0.2, -0.15) is 0 Å². The Morgan fingerprint density at radius 3 is 2.24 bits per heavy atom. The molecule has 63 heavy (non-hydrogen) atoms. The van der Waals surface area contributed by atoms with E-state index < -0.39 is 42.2 Å². The van der Waals surface area contributed by atoms with Crippen LogP contribution in [0.25, 0.3) is 44.2 Å². The number of amides is 4. The van der Waals surface area contributed by atoms with Crippen LogP contribution < -0.4 is 10.6 Å². The van der Waals surface area contributed by atoms with Gasteiger partial charge >= 0.3 is 12.2 Å². The maximum absolute atomic E-state index is 14.2. The number of aromatic nitrogens is 4. The highest BCUT2D eigenvalue weighted by Crippen LogP contribution is 2.44. The van der Waals surface area contributed by atoms with Gasteiger partial charge in [-0.05, 0) is 72.7 Å². The van der Waals surface area contributed by atoms with Crippen LogP contribution in [-0.2, 0) is 46.1 Å². The third-order valence-corrected chi connectivity index (χ3v) is 13.1. The van der Waals surface area contributed by atoms with E-state index in [1.54, 1.807) is 11.8 Å². The predicted molar refractivity (Wildman–Crippen MR) is 231 cm³/mol. The van der Waals surface area contributed by atoms with Crippen molar-refractivity contribution in [3.05, 3.63) is 71.4 Å². The zero-order valence-corrected chi connectivity index (χ0v) is 36.4. The minimum atomic E-state index is -1.01. The van der Waals surface area contributed by atoms with Crippen molar-refractivity contribution in [1.82, 2.24) is 40.4 Å². The van der Waals surface area contributed by atoms with Crippen LogP contribution in [-0.4, -0.2) is 125 Å². The van der Waals surface area contributed by atoms with E-state index in [-0.39, 0.29) is 30.3 Å². The average Bonchev–Trinajstić information content (AvgIpc) is 4.16. The molecule has 5 heterocycles. The summed E-state index contributed by atoms with van der Waals surface area (Å²) in [5.41, 5.74) is 7.95. The third kappa shape index (κ3) is 7.75. The first-order chi connectivity index (χ1) is 30.4. The summed E-state index contributed by atoms with van der Waals surface area (Å²) < 4.78 is 27.3. The fraction of sp³-hybridized carbons (Fsp3) is 0.478. The zero-order chi connectivity index (χ0) is 44.2.